The van der Waals surface area contributed by atoms with Gasteiger partial charge in [-0.05, 0) is 34.8 Å². The summed E-state index contributed by atoms with van der Waals surface area (Å²) in [5.41, 5.74) is 2.84. The smallest absolute Gasteiger partial charge is 0.259 e. The largest absolute Gasteiger partial charge is 0.305 e. The van der Waals surface area contributed by atoms with Crippen LogP contribution in [0.25, 0.3) is 22.6 Å². The zero-order chi connectivity index (χ0) is 18.0. The van der Waals surface area contributed by atoms with Gasteiger partial charge < -0.3 is 4.98 Å². The molecule has 1 N–H and O–H groups in total. The number of nitrogens with one attached hydrogen (secondary N) is 1. The second-order valence-corrected chi connectivity index (χ2v) is 6.97. The molecule has 1 heterocycles. The lowest BCUT2D eigenvalue weighted by Crippen LogP contribution is -2.11. The van der Waals surface area contributed by atoms with Gasteiger partial charge in [0.2, 0.25) is 0 Å². The molecule has 0 saturated heterocycles. The summed E-state index contributed by atoms with van der Waals surface area (Å²) in [6.45, 7) is 6.47. The van der Waals surface area contributed by atoms with E-state index in [0.717, 1.165) is 5.56 Å². The Morgan fingerprint density at radius 2 is 1.80 bits per heavy atom. The van der Waals surface area contributed by atoms with E-state index in [9.17, 15) is 10.1 Å². The van der Waals surface area contributed by atoms with Gasteiger partial charge in [-0.1, -0.05) is 57.2 Å². The summed E-state index contributed by atoms with van der Waals surface area (Å²) in [4.78, 5) is 19.3. The number of aromatic nitrogens is 2. The Balaban J connectivity index is 2.04. The van der Waals surface area contributed by atoms with Gasteiger partial charge in [-0.3, -0.25) is 4.79 Å². The van der Waals surface area contributed by atoms with Gasteiger partial charge >= 0.3 is 0 Å². The van der Waals surface area contributed by atoms with Crippen LogP contribution in [0.3, 0.4) is 0 Å². The molecule has 3 aromatic rings. The number of hydrogen-bond acceptors (Lipinski definition) is 3. The maximum atomic E-state index is 12.2. The van der Waals surface area contributed by atoms with Crippen molar-refractivity contribution in [2.45, 2.75) is 26.2 Å². The minimum atomic E-state index is -0.246. The normalized spacial score (nSPS) is 12.2. The number of para-hydroxylation sites is 1. The van der Waals surface area contributed by atoms with Crippen molar-refractivity contribution in [3.63, 3.8) is 0 Å². The van der Waals surface area contributed by atoms with Crippen molar-refractivity contribution in [1.82, 2.24) is 9.97 Å². The molecule has 0 fully saturated rings. The van der Waals surface area contributed by atoms with E-state index in [-0.39, 0.29) is 16.8 Å². The predicted octanol–water partition coefficient (Wildman–Crippen LogP) is 4.28. The molecular weight excluding hydrogens is 310 g/mol. The molecule has 0 amide bonds. The Morgan fingerprint density at radius 3 is 2.44 bits per heavy atom. The zero-order valence-corrected chi connectivity index (χ0v) is 14.5. The average molecular weight is 329 g/mol. The third kappa shape index (κ3) is 3.51. The van der Waals surface area contributed by atoms with E-state index >= 15 is 0 Å². The molecule has 2 aromatic carbocycles. The van der Waals surface area contributed by atoms with Crippen molar-refractivity contribution in [2.75, 3.05) is 0 Å². The van der Waals surface area contributed by atoms with Crippen LogP contribution in [0.5, 0.6) is 0 Å². The van der Waals surface area contributed by atoms with Gasteiger partial charge in [-0.25, -0.2) is 4.98 Å². The maximum Gasteiger partial charge on any atom is 0.259 e. The number of hydrogen-bond donors (Lipinski definition) is 1. The molecular formula is C21H19N3O. The number of allylic oxidation sites excluding steroid dienone is 1. The van der Waals surface area contributed by atoms with E-state index in [2.05, 4.69) is 48.9 Å². The summed E-state index contributed by atoms with van der Waals surface area (Å²) in [7, 11) is 0. The third-order valence-corrected chi connectivity index (χ3v) is 4.08. The van der Waals surface area contributed by atoms with Crippen LogP contribution in [0.4, 0.5) is 0 Å². The molecule has 124 valence electrons. The molecule has 0 radical (unpaired) electrons. The van der Waals surface area contributed by atoms with Crippen molar-refractivity contribution >= 4 is 22.6 Å². The molecule has 3 rings (SSSR count). The highest BCUT2D eigenvalue weighted by atomic mass is 16.1. The first-order valence-electron chi connectivity index (χ1n) is 8.10. The molecule has 0 unspecified atom stereocenters. The number of rotatable bonds is 2. The number of aromatic amines is 1. The zero-order valence-electron chi connectivity index (χ0n) is 14.5. The van der Waals surface area contributed by atoms with Gasteiger partial charge in [0.1, 0.15) is 6.07 Å². The van der Waals surface area contributed by atoms with E-state index in [0.29, 0.717) is 16.5 Å². The lowest BCUT2D eigenvalue weighted by molar-refractivity contribution is 0.590. The van der Waals surface area contributed by atoms with E-state index in [1.807, 2.05) is 18.2 Å². The Labute approximate surface area is 146 Å². The van der Waals surface area contributed by atoms with Gasteiger partial charge in [0.25, 0.3) is 5.56 Å². The van der Waals surface area contributed by atoms with Gasteiger partial charge in [0.15, 0.2) is 5.82 Å². The first kappa shape index (κ1) is 16.7. The second-order valence-electron chi connectivity index (χ2n) is 6.97. The standard InChI is InChI=1S/C21H19N3O/c1-21(2,3)16-10-8-14(9-11-16)12-15(13-22)19-23-18-7-5-4-6-17(18)20(25)24-19/h4-12H,1-3H3,(H,23,24,25)/b15-12+. The Hall–Kier alpha value is -3.19. The molecule has 0 aliphatic rings. The summed E-state index contributed by atoms with van der Waals surface area (Å²) in [5.74, 6) is 0.283. The highest BCUT2D eigenvalue weighted by molar-refractivity contribution is 5.89. The van der Waals surface area contributed by atoms with Crippen LogP contribution in [0.1, 0.15) is 37.7 Å². The molecule has 0 aliphatic carbocycles. The Kier molecular flexibility index (Phi) is 4.24. The van der Waals surface area contributed by atoms with Crippen LogP contribution in [0, 0.1) is 11.3 Å². The number of H-pyrrole nitrogens is 1. The third-order valence-electron chi connectivity index (χ3n) is 4.08. The fourth-order valence-electron chi connectivity index (χ4n) is 2.61. The van der Waals surface area contributed by atoms with E-state index in [1.54, 1.807) is 24.3 Å². The fourth-order valence-corrected chi connectivity index (χ4v) is 2.61. The van der Waals surface area contributed by atoms with Gasteiger partial charge in [-0.15, -0.1) is 0 Å². The molecule has 0 saturated carbocycles. The van der Waals surface area contributed by atoms with Gasteiger partial charge in [-0.2, -0.15) is 5.26 Å². The Morgan fingerprint density at radius 1 is 1.12 bits per heavy atom. The monoisotopic (exact) mass is 329 g/mol. The second kappa shape index (κ2) is 6.37. The topological polar surface area (TPSA) is 69.5 Å². The molecule has 4 nitrogen and oxygen atoms in total. The van der Waals surface area contributed by atoms with Crippen LogP contribution in [0.15, 0.2) is 53.3 Å². The summed E-state index contributed by atoms with van der Waals surface area (Å²) in [6.07, 6.45) is 1.74. The molecule has 1 aromatic heterocycles. The average Bonchev–Trinajstić information content (AvgIpc) is 2.59. The number of fused-ring (bicyclic) bond motifs is 1. The minimum absolute atomic E-state index is 0.0748. The molecule has 0 aliphatic heterocycles. The minimum Gasteiger partial charge on any atom is -0.305 e. The highest BCUT2D eigenvalue weighted by Crippen LogP contribution is 2.23. The van der Waals surface area contributed by atoms with Crippen LogP contribution >= 0.6 is 0 Å². The van der Waals surface area contributed by atoms with E-state index < -0.39 is 0 Å². The molecule has 0 atom stereocenters. The number of nitrogens with zero attached hydrogens (tertiary/aromatic N) is 2. The summed E-state index contributed by atoms with van der Waals surface area (Å²) >= 11 is 0. The highest BCUT2D eigenvalue weighted by Gasteiger charge is 2.13. The van der Waals surface area contributed by atoms with Crippen molar-refractivity contribution in [1.29, 1.82) is 5.26 Å². The molecule has 0 bridgehead atoms. The summed E-state index contributed by atoms with van der Waals surface area (Å²) in [6, 6.07) is 17.3. The quantitative estimate of drug-likeness (QED) is 0.713. The lowest BCUT2D eigenvalue weighted by Gasteiger charge is -2.18. The maximum absolute atomic E-state index is 12.2. The SMILES string of the molecule is CC(C)(C)c1ccc(/C=C(\C#N)c2nc3ccccc3c(=O)[nH]2)cc1. The van der Waals surface area contributed by atoms with Crippen molar-refractivity contribution in [2.24, 2.45) is 0 Å². The van der Waals surface area contributed by atoms with E-state index in [1.165, 1.54) is 5.56 Å². The summed E-state index contributed by atoms with van der Waals surface area (Å²) in [5, 5.41) is 10.0. The first-order chi connectivity index (χ1) is 11.9. The van der Waals surface area contributed by atoms with E-state index in [4.69, 9.17) is 0 Å². The predicted molar refractivity (Wildman–Crippen MR) is 101 cm³/mol. The lowest BCUT2D eigenvalue weighted by atomic mass is 9.86. The van der Waals surface area contributed by atoms with Crippen LogP contribution in [-0.2, 0) is 5.41 Å². The molecule has 0 spiro atoms. The van der Waals surface area contributed by atoms with Crippen LogP contribution in [0.2, 0.25) is 0 Å². The van der Waals surface area contributed by atoms with Crippen LogP contribution < -0.4 is 5.56 Å². The van der Waals surface area contributed by atoms with Crippen LogP contribution in [-0.4, -0.2) is 9.97 Å². The van der Waals surface area contributed by atoms with Gasteiger partial charge in [0.05, 0.1) is 16.5 Å². The van der Waals surface area contributed by atoms with Gasteiger partial charge in [0, 0.05) is 0 Å². The van der Waals surface area contributed by atoms with Crippen molar-refractivity contribution < 1.29 is 0 Å². The summed E-state index contributed by atoms with van der Waals surface area (Å²) < 4.78 is 0. The van der Waals surface area contributed by atoms with Crippen molar-refractivity contribution in [3.05, 3.63) is 75.8 Å². The molecule has 4 heteroatoms. The molecule has 25 heavy (non-hydrogen) atoms. The van der Waals surface area contributed by atoms with Crippen molar-refractivity contribution in [3.8, 4) is 6.07 Å². The number of benzene rings is 2. The first-order valence-corrected chi connectivity index (χ1v) is 8.10. The number of nitriles is 1. The fraction of sp³-hybridized carbons (Fsp3) is 0.190. The Bertz CT molecular complexity index is 1050.